The fourth-order valence-corrected chi connectivity index (χ4v) is 2.15. The van der Waals surface area contributed by atoms with Gasteiger partial charge in [0.2, 0.25) is 10.0 Å². The van der Waals surface area contributed by atoms with Crippen LogP contribution in [0.1, 0.15) is 5.56 Å². The topological polar surface area (TPSA) is 102 Å². The Labute approximate surface area is 125 Å². The van der Waals surface area contributed by atoms with Crippen molar-refractivity contribution in [3.05, 3.63) is 29.8 Å². The molecular formula is C13H21N3O4S. The van der Waals surface area contributed by atoms with Crippen LogP contribution in [0.5, 0.6) is 5.75 Å². The number of sulfonamides is 1. The number of amides is 1. The van der Waals surface area contributed by atoms with Gasteiger partial charge in [-0.25, -0.2) is 12.7 Å². The lowest BCUT2D eigenvalue weighted by Gasteiger charge is -2.12. The third-order valence-electron chi connectivity index (χ3n) is 2.77. The van der Waals surface area contributed by atoms with Crippen LogP contribution in [0, 0.1) is 0 Å². The van der Waals surface area contributed by atoms with E-state index in [4.69, 9.17) is 10.5 Å². The van der Waals surface area contributed by atoms with Crippen LogP contribution in [0.3, 0.4) is 0 Å². The van der Waals surface area contributed by atoms with Crippen molar-refractivity contribution in [2.45, 2.75) is 6.54 Å². The van der Waals surface area contributed by atoms with E-state index in [1.54, 1.807) is 12.1 Å². The molecule has 0 radical (unpaired) electrons. The Bertz CT molecular complexity index is 555. The summed E-state index contributed by atoms with van der Waals surface area (Å²) in [5.74, 6) is 0.0480. The molecule has 0 aliphatic heterocycles. The summed E-state index contributed by atoms with van der Waals surface area (Å²) in [4.78, 5) is 11.5. The normalized spacial score (nSPS) is 11.4. The average Bonchev–Trinajstić information content (AvgIpc) is 2.45. The minimum Gasteiger partial charge on any atom is -0.484 e. The van der Waals surface area contributed by atoms with Crippen LogP contribution in [0.25, 0.3) is 0 Å². The molecule has 8 heteroatoms. The molecule has 0 fully saturated rings. The van der Waals surface area contributed by atoms with E-state index in [1.165, 1.54) is 14.1 Å². The van der Waals surface area contributed by atoms with Crippen LogP contribution >= 0.6 is 0 Å². The van der Waals surface area contributed by atoms with Crippen LogP contribution in [0.2, 0.25) is 0 Å². The minimum atomic E-state index is -3.30. The van der Waals surface area contributed by atoms with Crippen molar-refractivity contribution in [3.8, 4) is 5.75 Å². The van der Waals surface area contributed by atoms with Gasteiger partial charge in [-0.1, -0.05) is 12.1 Å². The maximum atomic E-state index is 11.5. The van der Waals surface area contributed by atoms with Gasteiger partial charge in [0.1, 0.15) is 5.75 Å². The zero-order valence-corrected chi connectivity index (χ0v) is 13.0. The van der Waals surface area contributed by atoms with Gasteiger partial charge >= 0.3 is 0 Å². The molecule has 1 rings (SSSR count). The molecule has 1 amide bonds. The molecule has 21 heavy (non-hydrogen) atoms. The van der Waals surface area contributed by atoms with Gasteiger partial charge in [-0.05, 0) is 17.7 Å². The lowest BCUT2D eigenvalue weighted by molar-refractivity contribution is -0.122. The van der Waals surface area contributed by atoms with Crippen LogP contribution in [0.4, 0.5) is 0 Å². The molecule has 7 nitrogen and oxygen atoms in total. The number of benzene rings is 1. The number of carbonyl (C=O) groups excluding carboxylic acids is 1. The largest absolute Gasteiger partial charge is 0.484 e. The first kappa shape index (κ1) is 17.4. The second-order valence-electron chi connectivity index (χ2n) is 4.59. The second-order valence-corrected chi connectivity index (χ2v) is 6.89. The smallest absolute Gasteiger partial charge is 0.257 e. The highest BCUT2D eigenvalue weighted by Crippen LogP contribution is 2.11. The maximum Gasteiger partial charge on any atom is 0.257 e. The molecule has 0 aliphatic rings. The number of nitrogens with two attached hydrogens (primary N) is 1. The fourth-order valence-electron chi connectivity index (χ4n) is 1.42. The van der Waals surface area contributed by atoms with Crippen molar-refractivity contribution in [2.24, 2.45) is 5.73 Å². The third kappa shape index (κ3) is 6.11. The van der Waals surface area contributed by atoms with E-state index >= 15 is 0 Å². The van der Waals surface area contributed by atoms with Gasteiger partial charge in [0, 0.05) is 27.2 Å². The molecule has 1 aromatic rings. The standard InChI is InChI=1S/C13H21N3O4S/c1-16(2)21(18,19)8-7-15-13(17)10-20-12-5-3-11(9-14)4-6-12/h3-6H,7-10,14H2,1-2H3,(H,15,17). The minimum absolute atomic E-state index is 0.0504. The molecule has 1 aromatic carbocycles. The zero-order valence-electron chi connectivity index (χ0n) is 12.2. The molecule has 3 N–H and O–H groups in total. The highest BCUT2D eigenvalue weighted by Gasteiger charge is 2.13. The first-order valence-corrected chi connectivity index (χ1v) is 8.05. The molecule has 0 aromatic heterocycles. The van der Waals surface area contributed by atoms with Crippen molar-refractivity contribution < 1.29 is 17.9 Å². The van der Waals surface area contributed by atoms with Gasteiger partial charge in [0.25, 0.3) is 5.91 Å². The summed E-state index contributed by atoms with van der Waals surface area (Å²) in [7, 11) is -0.403. The van der Waals surface area contributed by atoms with Gasteiger partial charge in [0.05, 0.1) is 5.75 Å². The maximum absolute atomic E-state index is 11.5. The Morgan fingerprint density at radius 2 is 1.90 bits per heavy atom. The monoisotopic (exact) mass is 315 g/mol. The predicted octanol–water partition coefficient (Wildman–Crippen LogP) is -0.468. The molecule has 0 aliphatic carbocycles. The number of hydrogen-bond acceptors (Lipinski definition) is 5. The van der Waals surface area contributed by atoms with Crippen molar-refractivity contribution in [1.82, 2.24) is 9.62 Å². The van der Waals surface area contributed by atoms with Gasteiger partial charge in [-0.15, -0.1) is 0 Å². The molecule has 118 valence electrons. The van der Waals surface area contributed by atoms with E-state index in [2.05, 4.69) is 5.32 Å². The van der Waals surface area contributed by atoms with E-state index < -0.39 is 10.0 Å². The van der Waals surface area contributed by atoms with Crippen molar-refractivity contribution in [2.75, 3.05) is 33.0 Å². The van der Waals surface area contributed by atoms with Crippen molar-refractivity contribution >= 4 is 15.9 Å². The molecule has 0 saturated heterocycles. The van der Waals surface area contributed by atoms with Gasteiger partial charge in [-0.3, -0.25) is 4.79 Å². The van der Waals surface area contributed by atoms with Gasteiger partial charge in [-0.2, -0.15) is 0 Å². The number of carbonyl (C=O) groups is 1. The highest BCUT2D eigenvalue weighted by molar-refractivity contribution is 7.89. The van der Waals surface area contributed by atoms with Crippen molar-refractivity contribution in [3.63, 3.8) is 0 Å². The number of rotatable bonds is 8. The first-order chi connectivity index (χ1) is 9.85. The first-order valence-electron chi connectivity index (χ1n) is 6.44. The van der Waals surface area contributed by atoms with E-state index in [-0.39, 0.29) is 24.8 Å². The quantitative estimate of drug-likeness (QED) is 0.675. The summed E-state index contributed by atoms with van der Waals surface area (Å²) in [5, 5.41) is 2.50. The second kappa shape index (κ2) is 7.96. The summed E-state index contributed by atoms with van der Waals surface area (Å²) in [6.45, 7) is 0.333. The molecule has 0 bridgehead atoms. The number of nitrogens with one attached hydrogen (secondary N) is 1. The summed E-state index contributed by atoms with van der Waals surface area (Å²) >= 11 is 0. The lowest BCUT2D eigenvalue weighted by atomic mass is 10.2. The zero-order chi connectivity index (χ0) is 15.9. The van der Waals surface area contributed by atoms with E-state index in [9.17, 15) is 13.2 Å². The summed E-state index contributed by atoms with van der Waals surface area (Å²) in [5.41, 5.74) is 6.45. The number of nitrogens with zero attached hydrogens (tertiary/aromatic N) is 1. The van der Waals surface area contributed by atoms with Crippen LogP contribution in [0.15, 0.2) is 24.3 Å². The molecule has 0 heterocycles. The number of ether oxygens (including phenoxy) is 1. The fraction of sp³-hybridized carbons (Fsp3) is 0.462. The van der Waals surface area contributed by atoms with E-state index in [1.807, 2.05) is 12.1 Å². The molecule has 0 atom stereocenters. The summed E-state index contributed by atoms with van der Waals surface area (Å²) in [6, 6.07) is 7.09. The summed E-state index contributed by atoms with van der Waals surface area (Å²) in [6.07, 6.45) is 0. The van der Waals surface area contributed by atoms with E-state index in [0.717, 1.165) is 9.87 Å². The Balaban J connectivity index is 2.31. The van der Waals surface area contributed by atoms with E-state index in [0.29, 0.717) is 12.3 Å². The molecule has 0 spiro atoms. The Kier molecular flexibility index (Phi) is 6.60. The highest BCUT2D eigenvalue weighted by atomic mass is 32.2. The lowest BCUT2D eigenvalue weighted by Crippen LogP contribution is -2.36. The molecule has 0 saturated carbocycles. The molecular weight excluding hydrogens is 294 g/mol. The Hall–Kier alpha value is -1.64. The van der Waals surface area contributed by atoms with Crippen molar-refractivity contribution in [1.29, 1.82) is 0 Å². The van der Waals surface area contributed by atoms with Gasteiger partial charge < -0.3 is 15.8 Å². The van der Waals surface area contributed by atoms with Gasteiger partial charge in [0.15, 0.2) is 6.61 Å². The van der Waals surface area contributed by atoms with Crippen LogP contribution in [-0.2, 0) is 21.4 Å². The third-order valence-corrected chi connectivity index (χ3v) is 4.60. The summed E-state index contributed by atoms with van der Waals surface area (Å²) < 4.78 is 29.4. The SMILES string of the molecule is CN(C)S(=O)(=O)CCNC(=O)COc1ccc(CN)cc1. The Morgan fingerprint density at radius 1 is 1.29 bits per heavy atom. The van der Waals surface area contributed by atoms with Crippen LogP contribution in [-0.4, -0.2) is 51.6 Å². The predicted molar refractivity (Wildman–Crippen MR) is 80.3 cm³/mol. The average molecular weight is 315 g/mol. The molecule has 0 unspecified atom stereocenters. The number of hydrogen-bond donors (Lipinski definition) is 2. The Morgan fingerprint density at radius 3 is 2.43 bits per heavy atom. The van der Waals surface area contributed by atoms with Crippen LogP contribution < -0.4 is 15.8 Å².